The maximum Gasteiger partial charge on any atom is 0.133 e. The molecule has 0 radical (unpaired) electrons. The summed E-state index contributed by atoms with van der Waals surface area (Å²) in [6, 6.07) is 0. The van der Waals surface area contributed by atoms with Crippen LogP contribution in [-0.2, 0) is 4.79 Å². The van der Waals surface area contributed by atoms with Gasteiger partial charge in [0.2, 0.25) is 0 Å². The number of hydrogen-bond acceptors (Lipinski definition) is 2. The number of ketones is 1. The first-order chi connectivity index (χ1) is 7.63. The second-order valence-electron chi connectivity index (χ2n) is 3.61. The molecule has 0 bridgehead atoms. The van der Waals surface area contributed by atoms with Gasteiger partial charge in [0.05, 0.1) is 0 Å². The summed E-state index contributed by atoms with van der Waals surface area (Å²) in [5.74, 6) is 0.189. The van der Waals surface area contributed by atoms with Gasteiger partial charge in [-0.25, -0.2) is 0 Å². The number of aliphatic imine (C=N–C) groups is 1. The van der Waals surface area contributed by atoms with Crippen molar-refractivity contribution >= 4 is 12.0 Å². The first-order valence-electron chi connectivity index (χ1n) is 5.57. The predicted octanol–water partition coefficient (Wildman–Crippen LogP) is 3.85. The molecular formula is C14H21NO. The Bertz CT molecular complexity index is 322. The first-order valence-corrected chi connectivity index (χ1v) is 5.57. The topological polar surface area (TPSA) is 29.4 Å². The van der Waals surface area contributed by atoms with Crippen molar-refractivity contribution < 1.29 is 4.79 Å². The van der Waals surface area contributed by atoms with Gasteiger partial charge in [-0.15, -0.1) is 0 Å². The van der Waals surface area contributed by atoms with Crippen LogP contribution in [0.15, 0.2) is 41.1 Å². The molecule has 0 aliphatic heterocycles. The molecule has 0 atom stereocenters. The Balaban J connectivity index is 4.37. The SMILES string of the molecule is C=C/C=C(\CCC(=C\C)/N=C/C)CC(C)=O. The van der Waals surface area contributed by atoms with E-state index in [2.05, 4.69) is 11.6 Å². The fraction of sp³-hybridized carbons (Fsp3) is 0.429. The fourth-order valence-corrected chi connectivity index (χ4v) is 1.45. The van der Waals surface area contributed by atoms with Crippen molar-refractivity contribution in [2.45, 2.75) is 40.0 Å². The van der Waals surface area contributed by atoms with Gasteiger partial charge >= 0.3 is 0 Å². The Morgan fingerprint density at radius 3 is 2.44 bits per heavy atom. The maximum atomic E-state index is 11.0. The molecule has 0 N–H and O–H groups in total. The van der Waals surface area contributed by atoms with E-state index in [9.17, 15) is 4.79 Å². The minimum atomic E-state index is 0.189. The highest BCUT2D eigenvalue weighted by Crippen LogP contribution is 2.16. The van der Waals surface area contributed by atoms with Gasteiger partial charge in [0.15, 0.2) is 0 Å². The lowest BCUT2D eigenvalue weighted by atomic mass is 10.0. The summed E-state index contributed by atoms with van der Waals surface area (Å²) in [4.78, 5) is 15.3. The van der Waals surface area contributed by atoms with E-state index in [4.69, 9.17) is 0 Å². The maximum absolute atomic E-state index is 11.0. The average Bonchev–Trinajstić information content (AvgIpc) is 2.23. The molecule has 2 nitrogen and oxygen atoms in total. The summed E-state index contributed by atoms with van der Waals surface area (Å²) >= 11 is 0. The molecule has 0 aromatic carbocycles. The van der Waals surface area contributed by atoms with E-state index < -0.39 is 0 Å². The van der Waals surface area contributed by atoms with Crippen LogP contribution in [0.25, 0.3) is 0 Å². The van der Waals surface area contributed by atoms with Crippen LogP contribution in [0.3, 0.4) is 0 Å². The predicted molar refractivity (Wildman–Crippen MR) is 70.7 cm³/mol. The van der Waals surface area contributed by atoms with E-state index in [-0.39, 0.29) is 5.78 Å². The van der Waals surface area contributed by atoms with Crippen molar-refractivity contribution in [3.05, 3.63) is 36.1 Å². The second-order valence-corrected chi connectivity index (χ2v) is 3.61. The molecular weight excluding hydrogens is 198 g/mol. The molecule has 0 aromatic heterocycles. The third-order valence-corrected chi connectivity index (χ3v) is 2.16. The molecule has 0 heterocycles. The van der Waals surface area contributed by atoms with Crippen LogP contribution in [0, 0.1) is 0 Å². The van der Waals surface area contributed by atoms with E-state index >= 15 is 0 Å². The molecule has 0 fully saturated rings. The zero-order valence-electron chi connectivity index (χ0n) is 10.5. The van der Waals surface area contributed by atoms with Crippen molar-refractivity contribution in [2.24, 2.45) is 4.99 Å². The van der Waals surface area contributed by atoms with E-state index in [1.807, 2.05) is 26.0 Å². The molecule has 0 aromatic rings. The van der Waals surface area contributed by atoms with Gasteiger partial charge in [0.1, 0.15) is 5.78 Å². The number of allylic oxidation sites excluding steroid dienone is 5. The van der Waals surface area contributed by atoms with Gasteiger partial charge in [-0.1, -0.05) is 30.4 Å². The second kappa shape index (κ2) is 8.84. The van der Waals surface area contributed by atoms with Gasteiger partial charge in [0, 0.05) is 18.3 Å². The number of carbonyl (C=O) groups is 1. The molecule has 0 rings (SSSR count). The molecule has 0 saturated carbocycles. The van der Waals surface area contributed by atoms with Crippen molar-refractivity contribution in [3.8, 4) is 0 Å². The number of Topliss-reactive ketones (excluding diaryl/α,β-unsaturated/α-hetero) is 1. The van der Waals surface area contributed by atoms with Gasteiger partial charge in [-0.2, -0.15) is 0 Å². The van der Waals surface area contributed by atoms with Gasteiger partial charge < -0.3 is 0 Å². The van der Waals surface area contributed by atoms with Crippen LogP contribution in [-0.4, -0.2) is 12.0 Å². The summed E-state index contributed by atoms with van der Waals surface area (Å²) in [7, 11) is 0. The summed E-state index contributed by atoms with van der Waals surface area (Å²) in [6.07, 6.45) is 9.69. The Labute approximate surface area is 98.5 Å². The molecule has 0 saturated heterocycles. The number of carbonyl (C=O) groups excluding carboxylic acids is 1. The van der Waals surface area contributed by atoms with Crippen molar-refractivity contribution in [1.82, 2.24) is 0 Å². The summed E-state index contributed by atoms with van der Waals surface area (Å²) in [5, 5.41) is 0. The lowest BCUT2D eigenvalue weighted by molar-refractivity contribution is -0.116. The van der Waals surface area contributed by atoms with Crippen LogP contribution < -0.4 is 0 Å². The zero-order chi connectivity index (χ0) is 12.4. The standard InChI is InChI=1S/C14H21NO/c1-5-8-13(11-12(4)16)9-10-14(6-2)15-7-3/h5-8H,1,9-11H2,2-4H3/b13-8+,14-6+,15-7+. The van der Waals surface area contributed by atoms with Crippen molar-refractivity contribution in [1.29, 1.82) is 0 Å². The van der Waals surface area contributed by atoms with Crippen LogP contribution in [0.5, 0.6) is 0 Å². The number of nitrogens with zero attached hydrogens (tertiary/aromatic N) is 1. The fourth-order valence-electron chi connectivity index (χ4n) is 1.45. The smallest absolute Gasteiger partial charge is 0.133 e. The highest BCUT2D eigenvalue weighted by atomic mass is 16.1. The lowest BCUT2D eigenvalue weighted by Gasteiger charge is -2.05. The molecule has 0 aliphatic rings. The van der Waals surface area contributed by atoms with Crippen LogP contribution >= 0.6 is 0 Å². The molecule has 0 aliphatic carbocycles. The summed E-state index contributed by atoms with van der Waals surface area (Å²) in [5.41, 5.74) is 2.18. The Morgan fingerprint density at radius 2 is 2.00 bits per heavy atom. The van der Waals surface area contributed by atoms with E-state index in [0.717, 1.165) is 24.1 Å². The van der Waals surface area contributed by atoms with E-state index in [0.29, 0.717) is 6.42 Å². The Kier molecular flexibility index (Phi) is 8.04. The van der Waals surface area contributed by atoms with Gasteiger partial charge in [-0.3, -0.25) is 9.79 Å². The van der Waals surface area contributed by atoms with Gasteiger partial charge in [-0.05, 0) is 33.6 Å². The van der Waals surface area contributed by atoms with Crippen molar-refractivity contribution in [3.63, 3.8) is 0 Å². The van der Waals surface area contributed by atoms with Crippen LogP contribution in [0.1, 0.15) is 40.0 Å². The highest BCUT2D eigenvalue weighted by Gasteiger charge is 2.02. The minimum Gasteiger partial charge on any atom is -0.300 e. The van der Waals surface area contributed by atoms with Crippen molar-refractivity contribution in [2.75, 3.05) is 0 Å². The molecule has 0 unspecified atom stereocenters. The third kappa shape index (κ3) is 6.93. The molecule has 0 spiro atoms. The largest absolute Gasteiger partial charge is 0.300 e. The Hall–Kier alpha value is -1.44. The zero-order valence-corrected chi connectivity index (χ0v) is 10.5. The Morgan fingerprint density at radius 1 is 1.31 bits per heavy atom. The number of rotatable bonds is 7. The third-order valence-electron chi connectivity index (χ3n) is 2.16. The average molecular weight is 219 g/mol. The van der Waals surface area contributed by atoms with Crippen LogP contribution in [0.2, 0.25) is 0 Å². The summed E-state index contributed by atoms with van der Waals surface area (Å²) < 4.78 is 0. The lowest BCUT2D eigenvalue weighted by Crippen LogP contribution is -1.94. The van der Waals surface area contributed by atoms with Crippen LogP contribution in [0.4, 0.5) is 0 Å². The van der Waals surface area contributed by atoms with Gasteiger partial charge in [0.25, 0.3) is 0 Å². The monoisotopic (exact) mass is 219 g/mol. The highest BCUT2D eigenvalue weighted by molar-refractivity contribution is 5.78. The molecule has 16 heavy (non-hydrogen) atoms. The van der Waals surface area contributed by atoms with E-state index in [1.165, 1.54) is 0 Å². The quantitative estimate of drug-likeness (QED) is 0.472. The molecule has 0 amide bonds. The minimum absolute atomic E-state index is 0.189. The number of hydrogen-bond donors (Lipinski definition) is 0. The normalized spacial score (nSPS) is 13.2. The molecule has 2 heteroatoms. The summed E-state index contributed by atoms with van der Waals surface area (Å²) in [6.45, 7) is 9.15. The molecule has 88 valence electrons. The van der Waals surface area contributed by atoms with E-state index in [1.54, 1.807) is 19.2 Å². The first kappa shape index (κ1) is 14.6.